The molecule has 0 saturated carbocycles. The number of halogens is 1. The Kier molecular flexibility index (Phi) is 4.05. The Labute approximate surface area is 122 Å². The molecule has 2 aromatic rings. The third kappa shape index (κ3) is 3.04. The Hall–Kier alpha value is -1.61. The second-order valence-corrected chi connectivity index (χ2v) is 5.57. The molecular weight excluding hydrogens is 302 g/mol. The third-order valence-corrected chi connectivity index (χ3v) is 3.52. The molecule has 0 fully saturated rings. The van der Waals surface area contributed by atoms with Crippen LogP contribution in [0.1, 0.15) is 22.3 Å². The van der Waals surface area contributed by atoms with Crippen LogP contribution in [0.4, 0.5) is 5.69 Å². The molecule has 0 aliphatic carbocycles. The van der Waals surface area contributed by atoms with Gasteiger partial charge in [-0.25, -0.2) is 0 Å². The molecule has 2 nitrogen and oxygen atoms in total. The summed E-state index contributed by atoms with van der Waals surface area (Å²) in [5.74, 6) is 0.290. The van der Waals surface area contributed by atoms with Gasteiger partial charge in [-0.15, -0.1) is 0 Å². The Bertz CT molecular complexity index is 624. The molecule has 19 heavy (non-hydrogen) atoms. The Morgan fingerprint density at radius 1 is 1.05 bits per heavy atom. The number of benzene rings is 2. The molecule has 0 spiro atoms. The van der Waals surface area contributed by atoms with E-state index < -0.39 is 0 Å². The van der Waals surface area contributed by atoms with Gasteiger partial charge in [0.15, 0.2) is 0 Å². The van der Waals surface area contributed by atoms with E-state index in [2.05, 4.69) is 20.9 Å². The fourth-order valence-electron chi connectivity index (χ4n) is 2.03. The highest BCUT2D eigenvalue weighted by Gasteiger charge is 2.04. The van der Waals surface area contributed by atoms with Crippen molar-refractivity contribution in [3.63, 3.8) is 0 Å². The average molecular weight is 318 g/mol. The lowest BCUT2D eigenvalue weighted by Crippen LogP contribution is -1.87. The van der Waals surface area contributed by atoms with Crippen LogP contribution in [-0.4, -0.2) is 11.3 Å². The summed E-state index contributed by atoms with van der Waals surface area (Å²) in [6.45, 7) is 5.93. The maximum absolute atomic E-state index is 9.96. The zero-order valence-corrected chi connectivity index (χ0v) is 12.8. The minimum atomic E-state index is 0.290. The van der Waals surface area contributed by atoms with Crippen LogP contribution in [0.5, 0.6) is 5.75 Å². The number of hydrogen-bond donors (Lipinski definition) is 1. The highest BCUT2D eigenvalue weighted by Crippen LogP contribution is 2.28. The van der Waals surface area contributed by atoms with Crippen LogP contribution in [-0.2, 0) is 0 Å². The maximum Gasteiger partial charge on any atom is 0.127 e. The van der Waals surface area contributed by atoms with Crippen LogP contribution in [0.25, 0.3) is 0 Å². The number of aromatic hydroxyl groups is 1. The lowest BCUT2D eigenvalue weighted by molar-refractivity contribution is 0.470. The maximum atomic E-state index is 9.96. The second-order valence-electron chi connectivity index (χ2n) is 4.66. The van der Waals surface area contributed by atoms with E-state index in [0.717, 1.165) is 32.4 Å². The van der Waals surface area contributed by atoms with E-state index in [1.807, 2.05) is 51.1 Å². The molecule has 0 radical (unpaired) electrons. The van der Waals surface area contributed by atoms with E-state index in [1.54, 1.807) is 6.21 Å². The van der Waals surface area contributed by atoms with Gasteiger partial charge in [-0.1, -0.05) is 28.1 Å². The van der Waals surface area contributed by atoms with Crippen LogP contribution >= 0.6 is 15.9 Å². The van der Waals surface area contributed by atoms with Crippen LogP contribution in [0.2, 0.25) is 0 Å². The van der Waals surface area contributed by atoms with Gasteiger partial charge in [0.05, 0.1) is 5.69 Å². The Morgan fingerprint density at radius 2 is 1.68 bits per heavy atom. The van der Waals surface area contributed by atoms with Crippen molar-refractivity contribution >= 4 is 27.8 Å². The van der Waals surface area contributed by atoms with Gasteiger partial charge in [-0.2, -0.15) is 0 Å². The number of aliphatic imine (C=N–C) groups is 1. The SMILES string of the molecule is Cc1cccc(C=Nc2c(C)cc(Br)cc2C)c1O. The van der Waals surface area contributed by atoms with Crippen molar-refractivity contribution in [3.05, 3.63) is 57.1 Å². The van der Waals surface area contributed by atoms with E-state index in [0.29, 0.717) is 5.75 Å². The van der Waals surface area contributed by atoms with Crippen molar-refractivity contribution in [1.29, 1.82) is 0 Å². The molecule has 98 valence electrons. The van der Waals surface area contributed by atoms with Gasteiger partial charge in [0.2, 0.25) is 0 Å². The summed E-state index contributed by atoms with van der Waals surface area (Å²) < 4.78 is 1.06. The molecule has 0 heterocycles. The number of rotatable bonds is 2. The summed E-state index contributed by atoms with van der Waals surface area (Å²) in [6, 6.07) is 9.72. The largest absolute Gasteiger partial charge is 0.507 e. The highest BCUT2D eigenvalue weighted by molar-refractivity contribution is 9.10. The minimum absolute atomic E-state index is 0.290. The Balaban J connectivity index is 2.41. The summed E-state index contributed by atoms with van der Waals surface area (Å²) in [7, 11) is 0. The number of para-hydroxylation sites is 1. The van der Waals surface area contributed by atoms with Crippen molar-refractivity contribution in [2.75, 3.05) is 0 Å². The average Bonchev–Trinajstić information content (AvgIpc) is 2.33. The van der Waals surface area contributed by atoms with Crippen molar-refractivity contribution in [2.45, 2.75) is 20.8 Å². The van der Waals surface area contributed by atoms with E-state index in [9.17, 15) is 5.11 Å². The normalized spacial score (nSPS) is 11.2. The molecule has 0 amide bonds. The quantitative estimate of drug-likeness (QED) is 0.790. The van der Waals surface area contributed by atoms with Gasteiger partial charge < -0.3 is 5.11 Å². The number of phenols is 1. The zero-order chi connectivity index (χ0) is 14.0. The molecule has 1 N–H and O–H groups in total. The van der Waals surface area contributed by atoms with Gasteiger partial charge in [0.25, 0.3) is 0 Å². The zero-order valence-electron chi connectivity index (χ0n) is 11.2. The van der Waals surface area contributed by atoms with E-state index in [1.165, 1.54) is 0 Å². The van der Waals surface area contributed by atoms with Gasteiger partial charge in [0, 0.05) is 16.3 Å². The standard InChI is InChI=1S/C16H16BrNO/c1-10-5-4-6-13(16(10)19)9-18-15-11(2)7-14(17)8-12(15)3/h4-9,19H,1-3H3. The predicted octanol–water partition coefficient (Wildman–Crippen LogP) is 4.83. The van der Waals surface area contributed by atoms with Gasteiger partial charge in [0.1, 0.15) is 5.75 Å². The first-order valence-corrected chi connectivity index (χ1v) is 6.87. The highest BCUT2D eigenvalue weighted by atomic mass is 79.9. The summed E-state index contributed by atoms with van der Waals surface area (Å²) in [6.07, 6.45) is 1.71. The van der Waals surface area contributed by atoms with E-state index >= 15 is 0 Å². The smallest absolute Gasteiger partial charge is 0.127 e. The van der Waals surface area contributed by atoms with Crippen LogP contribution in [0.15, 0.2) is 39.8 Å². The second kappa shape index (κ2) is 5.57. The molecule has 0 aliphatic rings. The molecular formula is C16H16BrNO. The number of phenolic OH excluding ortho intramolecular Hbond substituents is 1. The van der Waals surface area contributed by atoms with Crippen molar-refractivity contribution < 1.29 is 5.11 Å². The van der Waals surface area contributed by atoms with Gasteiger partial charge in [-0.05, 0) is 55.7 Å². The van der Waals surface area contributed by atoms with E-state index in [4.69, 9.17) is 0 Å². The minimum Gasteiger partial charge on any atom is -0.507 e. The number of hydrogen-bond acceptors (Lipinski definition) is 2. The van der Waals surface area contributed by atoms with Crippen molar-refractivity contribution in [1.82, 2.24) is 0 Å². The van der Waals surface area contributed by atoms with Gasteiger partial charge in [-0.3, -0.25) is 4.99 Å². The lowest BCUT2D eigenvalue weighted by Gasteiger charge is -2.06. The predicted molar refractivity (Wildman–Crippen MR) is 83.7 cm³/mol. The molecule has 0 bridgehead atoms. The van der Waals surface area contributed by atoms with Crippen molar-refractivity contribution in [2.24, 2.45) is 4.99 Å². The monoisotopic (exact) mass is 317 g/mol. The van der Waals surface area contributed by atoms with E-state index in [-0.39, 0.29) is 0 Å². The first kappa shape index (κ1) is 13.8. The summed E-state index contributed by atoms with van der Waals surface area (Å²) in [5, 5.41) is 9.96. The summed E-state index contributed by atoms with van der Waals surface area (Å²) >= 11 is 3.47. The first-order chi connectivity index (χ1) is 8.99. The fraction of sp³-hybridized carbons (Fsp3) is 0.188. The summed E-state index contributed by atoms with van der Waals surface area (Å²) in [5.41, 5.74) is 4.75. The summed E-state index contributed by atoms with van der Waals surface area (Å²) in [4.78, 5) is 4.51. The fourth-order valence-corrected chi connectivity index (χ4v) is 2.71. The first-order valence-electron chi connectivity index (χ1n) is 6.08. The molecule has 0 unspecified atom stereocenters. The molecule has 2 aromatic carbocycles. The number of nitrogens with zero attached hydrogens (tertiary/aromatic N) is 1. The molecule has 0 aromatic heterocycles. The van der Waals surface area contributed by atoms with Gasteiger partial charge >= 0.3 is 0 Å². The van der Waals surface area contributed by atoms with Crippen LogP contribution in [0.3, 0.4) is 0 Å². The lowest BCUT2D eigenvalue weighted by atomic mass is 10.1. The Morgan fingerprint density at radius 3 is 2.32 bits per heavy atom. The van der Waals surface area contributed by atoms with Crippen LogP contribution in [0, 0.1) is 20.8 Å². The van der Waals surface area contributed by atoms with Crippen LogP contribution < -0.4 is 0 Å². The molecule has 0 atom stereocenters. The number of aryl methyl sites for hydroxylation is 3. The third-order valence-electron chi connectivity index (χ3n) is 3.06. The molecule has 3 heteroatoms. The van der Waals surface area contributed by atoms with Crippen molar-refractivity contribution in [3.8, 4) is 5.75 Å². The molecule has 0 saturated heterocycles. The topological polar surface area (TPSA) is 32.6 Å². The molecule has 0 aliphatic heterocycles. The molecule has 2 rings (SSSR count).